The molecule has 0 N–H and O–H groups in total. The molecule has 2 rings (SSSR count). The molecule has 0 aromatic heterocycles. The minimum atomic E-state index is -0.704. The smallest absolute Gasteiger partial charge is 0.462 e. The van der Waals surface area contributed by atoms with Crippen LogP contribution in [-0.4, -0.2) is 43.5 Å². The minimum Gasteiger partial charge on any atom is -0.462 e. The predicted molar refractivity (Wildman–Crippen MR) is 149 cm³/mol. The fourth-order valence-electron chi connectivity index (χ4n) is 4.35. The van der Waals surface area contributed by atoms with Crippen molar-refractivity contribution < 1.29 is 28.4 Å². The maximum absolute atomic E-state index is 13.1. The van der Waals surface area contributed by atoms with Crippen molar-refractivity contribution >= 4 is 24.5 Å². The van der Waals surface area contributed by atoms with Gasteiger partial charge in [-0.1, -0.05) is 66.2 Å². The Labute approximate surface area is 225 Å². The Bertz CT molecular complexity index is 815. The van der Waals surface area contributed by atoms with E-state index in [9.17, 15) is 9.59 Å². The van der Waals surface area contributed by atoms with Crippen molar-refractivity contribution in [1.29, 1.82) is 0 Å². The van der Waals surface area contributed by atoms with Gasteiger partial charge >= 0.3 is 19.1 Å². The van der Waals surface area contributed by atoms with Gasteiger partial charge in [0.05, 0.1) is 35.5 Å². The SMILES string of the molecule is CCCCC(CC)COC(=O)c1cc(B2OC(C)(C)C(C)(C)O2)cc(C(=O)OCC(CC)CCCC)c1. The molecule has 1 aromatic rings. The Morgan fingerprint density at radius 3 is 1.51 bits per heavy atom. The van der Waals surface area contributed by atoms with Crippen LogP contribution in [0.3, 0.4) is 0 Å². The van der Waals surface area contributed by atoms with E-state index in [-0.39, 0.29) is 0 Å². The summed E-state index contributed by atoms with van der Waals surface area (Å²) in [6.45, 7) is 17.2. The molecule has 2 atom stereocenters. The summed E-state index contributed by atoms with van der Waals surface area (Å²) in [6.07, 6.45) is 8.42. The van der Waals surface area contributed by atoms with E-state index in [1.54, 1.807) is 18.2 Å². The van der Waals surface area contributed by atoms with Gasteiger partial charge in [0.1, 0.15) is 0 Å². The number of esters is 2. The minimum absolute atomic E-state index is 0.308. The highest BCUT2D eigenvalue weighted by molar-refractivity contribution is 6.62. The molecule has 0 radical (unpaired) electrons. The third-order valence-electron chi connectivity index (χ3n) is 7.94. The van der Waals surface area contributed by atoms with Gasteiger partial charge in [0, 0.05) is 0 Å². The van der Waals surface area contributed by atoms with Gasteiger partial charge in [-0.3, -0.25) is 0 Å². The summed E-state index contributed by atoms with van der Waals surface area (Å²) in [5.74, 6) is -0.240. The van der Waals surface area contributed by atoms with Gasteiger partial charge in [-0.2, -0.15) is 0 Å². The average Bonchev–Trinajstić information content (AvgIpc) is 3.10. The van der Waals surface area contributed by atoms with Crippen LogP contribution in [0.25, 0.3) is 0 Å². The standard InChI is InChI=1S/C30H49BO6/c1-9-13-15-22(11-3)20-34-27(32)24-17-25(28(33)35-21-23(12-4)16-14-10-2)19-26(18-24)31-36-29(5,6)30(7,8)37-31/h17-19,22-23H,9-16,20-21H2,1-8H3. The molecule has 7 heteroatoms. The van der Waals surface area contributed by atoms with E-state index in [0.29, 0.717) is 41.6 Å². The average molecular weight is 517 g/mol. The number of benzene rings is 1. The number of carbonyl (C=O) groups excluding carboxylic acids is 2. The molecule has 1 aliphatic rings. The summed E-state index contributed by atoms with van der Waals surface area (Å²) in [6, 6.07) is 4.99. The number of rotatable bonds is 15. The van der Waals surface area contributed by atoms with Crippen molar-refractivity contribution in [3.05, 3.63) is 29.3 Å². The molecule has 0 amide bonds. The molecule has 1 fully saturated rings. The van der Waals surface area contributed by atoms with Gasteiger partial charge in [0.25, 0.3) is 0 Å². The zero-order chi connectivity index (χ0) is 27.6. The van der Waals surface area contributed by atoms with E-state index >= 15 is 0 Å². The third kappa shape index (κ3) is 8.85. The molecule has 1 heterocycles. The zero-order valence-corrected chi connectivity index (χ0v) is 24.5. The number of ether oxygens (including phenoxy) is 2. The first kappa shape index (κ1) is 31.4. The summed E-state index contributed by atoms with van der Waals surface area (Å²) in [7, 11) is -0.704. The maximum atomic E-state index is 13.1. The van der Waals surface area contributed by atoms with E-state index in [1.807, 2.05) is 27.7 Å². The van der Waals surface area contributed by atoms with Crippen LogP contribution >= 0.6 is 0 Å². The quantitative estimate of drug-likeness (QED) is 0.190. The van der Waals surface area contributed by atoms with Crippen molar-refractivity contribution in [3.8, 4) is 0 Å². The van der Waals surface area contributed by atoms with Crippen LogP contribution in [0.5, 0.6) is 0 Å². The second-order valence-electron chi connectivity index (χ2n) is 11.5. The number of hydrogen-bond acceptors (Lipinski definition) is 6. The predicted octanol–water partition coefficient (Wildman–Crippen LogP) is 6.73. The first-order chi connectivity index (χ1) is 17.5. The lowest BCUT2D eigenvalue weighted by Crippen LogP contribution is -2.41. The van der Waals surface area contributed by atoms with Crippen molar-refractivity contribution in [3.63, 3.8) is 0 Å². The van der Waals surface area contributed by atoms with E-state index in [2.05, 4.69) is 27.7 Å². The topological polar surface area (TPSA) is 71.1 Å². The van der Waals surface area contributed by atoms with Crippen LogP contribution in [-0.2, 0) is 18.8 Å². The van der Waals surface area contributed by atoms with Crippen molar-refractivity contribution in [1.82, 2.24) is 0 Å². The van der Waals surface area contributed by atoms with Gasteiger partial charge < -0.3 is 18.8 Å². The van der Waals surface area contributed by atoms with E-state index < -0.39 is 30.3 Å². The lowest BCUT2D eigenvalue weighted by molar-refractivity contribution is 0.00578. The summed E-state index contributed by atoms with van der Waals surface area (Å²) >= 11 is 0. The first-order valence-electron chi connectivity index (χ1n) is 14.3. The van der Waals surface area contributed by atoms with Gasteiger partial charge in [-0.25, -0.2) is 9.59 Å². The van der Waals surface area contributed by atoms with Crippen LogP contribution < -0.4 is 5.46 Å². The summed E-state index contributed by atoms with van der Waals surface area (Å²) in [4.78, 5) is 26.2. The van der Waals surface area contributed by atoms with Crippen LogP contribution in [0.1, 0.15) is 127 Å². The molecule has 0 bridgehead atoms. The molecule has 208 valence electrons. The number of unbranched alkanes of at least 4 members (excludes halogenated alkanes) is 2. The Balaban J connectivity index is 2.27. The fourth-order valence-corrected chi connectivity index (χ4v) is 4.35. The highest BCUT2D eigenvalue weighted by atomic mass is 16.7. The Morgan fingerprint density at radius 1 is 0.757 bits per heavy atom. The van der Waals surface area contributed by atoms with Crippen LogP contribution in [0.4, 0.5) is 0 Å². The third-order valence-corrected chi connectivity index (χ3v) is 7.94. The molecule has 1 aromatic carbocycles. The molecule has 0 saturated carbocycles. The second kappa shape index (κ2) is 14.3. The van der Waals surface area contributed by atoms with Crippen molar-refractivity contribution in [2.24, 2.45) is 11.8 Å². The van der Waals surface area contributed by atoms with Gasteiger partial charge in [0.2, 0.25) is 0 Å². The van der Waals surface area contributed by atoms with Gasteiger partial charge in [-0.05, 0) is 76.0 Å². The molecule has 0 spiro atoms. The molecular weight excluding hydrogens is 467 g/mol. The first-order valence-corrected chi connectivity index (χ1v) is 14.3. The van der Waals surface area contributed by atoms with Crippen molar-refractivity contribution in [2.75, 3.05) is 13.2 Å². The van der Waals surface area contributed by atoms with E-state index in [4.69, 9.17) is 18.8 Å². The van der Waals surface area contributed by atoms with Crippen LogP contribution in [0, 0.1) is 11.8 Å². The van der Waals surface area contributed by atoms with Crippen LogP contribution in [0.15, 0.2) is 18.2 Å². The molecule has 37 heavy (non-hydrogen) atoms. The Kier molecular flexibility index (Phi) is 12.2. The molecule has 6 nitrogen and oxygen atoms in total. The lowest BCUT2D eigenvalue weighted by Gasteiger charge is -2.32. The largest absolute Gasteiger partial charge is 0.494 e. The Hall–Kier alpha value is -1.86. The number of hydrogen-bond donors (Lipinski definition) is 0. The van der Waals surface area contributed by atoms with Gasteiger partial charge in [0.15, 0.2) is 0 Å². The molecule has 1 saturated heterocycles. The molecule has 0 aliphatic carbocycles. The zero-order valence-electron chi connectivity index (χ0n) is 24.5. The molecule has 1 aliphatic heterocycles. The molecular formula is C30H49BO6. The summed E-state index contributed by atoms with van der Waals surface area (Å²) in [5, 5.41) is 0. The molecule has 2 unspecified atom stereocenters. The number of carbonyl (C=O) groups is 2. The lowest BCUT2D eigenvalue weighted by atomic mass is 9.77. The van der Waals surface area contributed by atoms with Crippen LogP contribution in [0.2, 0.25) is 0 Å². The van der Waals surface area contributed by atoms with Crippen molar-refractivity contribution in [2.45, 2.75) is 118 Å². The second-order valence-corrected chi connectivity index (χ2v) is 11.5. The monoisotopic (exact) mass is 516 g/mol. The normalized spacial score (nSPS) is 17.9. The highest BCUT2D eigenvalue weighted by Gasteiger charge is 2.52. The van der Waals surface area contributed by atoms with E-state index in [1.165, 1.54) is 0 Å². The highest BCUT2D eigenvalue weighted by Crippen LogP contribution is 2.36. The Morgan fingerprint density at radius 2 is 1.16 bits per heavy atom. The fraction of sp³-hybridized carbons (Fsp3) is 0.733. The summed E-state index contributed by atoms with van der Waals surface area (Å²) in [5.41, 5.74) is 0.132. The van der Waals surface area contributed by atoms with Gasteiger partial charge in [-0.15, -0.1) is 0 Å². The summed E-state index contributed by atoms with van der Waals surface area (Å²) < 4.78 is 23.8. The van der Waals surface area contributed by atoms with E-state index in [0.717, 1.165) is 51.4 Å². The maximum Gasteiger partial charge on any atom is 0.494 e.